The summed E-state index contributed by atoms with van der Waals surface area (Å²) in [6, 6.07) is 1.78. The number of aromatic amines is 1. The SMILES string of the molecule is CC(C)C(=O)N1CCCC(CNc2nc(-c3c[nH]c4ncc(Cl)cc34)ncc2F)C1. The van der Waals surface area contributed by atoms with Gasteiger partial charge in [0.05, 0.1) is 11.2 Å². The minimum atomic E-state index is -0.513. The summed E-state index contributed by atoms with van der Waals surface area (Å²) in [5, 5.41) is 4.39. The van der Waals surface area contributed by atoms with Crippen LogP contribution in [-0.4, -0.2) is 50.4 Å². The van der Waals surface area contributed by atoms with E-state index in [4.69, 9.17) is 11.6 Å². The van der Waals surface area contributed by atoms with Crippen LogP contribution >= 0.6 is 11.6 Å². The molecule has 4 rings (SSSR count). The Morgan fingerprint density at radius 3 is 3.03 bits per heavy atom. The first-order chi connectivity index (χ1) is 14.4. The van der Waals surface area contributed by atoms with Crippen molar-refractivity contribution in [3.8, 4) is 11.4 Å². The third-order valence-electron chi connectivity index (χ3n) is 5.37. The minimum absolute atomic E-state index is 0.0160. The van der Waals surface area contributed by atoms with Crippen molar-refractivity contribution in [3.63, 3.8) is 0 Å². The lowest BCUT2D eigenvalue weighted by Crippen LogP contribution is -2.43. The number of hydrogen-bond acceptors (Lipinski definition) is 5. The molecule has 1 aliphatic heterocycles. The van der Waals surface area contributed by atoms with Gasteiger partial charge in [-0.1, -0.05) is 25.4 Å². The molecule has 1 fully saturated rings. The molecular weight excluding hydrogens is 407 g/mol. The van der Waals surface area contributed by atoms with Crippen LogP contribution in [-0.2, 0) is 4.79 Å². The lowest BCUT2D eigenvalue weighted by atomic mass is 9.97. The molecule has 0 saturated carbocycles. The molecule has 3 aromatic rings. The average Bonchev–Trinajstić information content (AvgIpc) is 3.15. The van der Waals surface area contributed by atoms with Crippen LogP contribution in [0.3, 0.4) is 0 Å². The number of carbonyl (C=O) groups is 1. The van der Waals surface area contributed by atoms with Crippen LogP contribution in [0.5, 0.6) is 0 Å². The van der Waals surface area contributed by atoms with Gasteiger partial charge in [-0.15, -0.1) is 0 Å². The molecule has 1 saturated heterocycles. The van der Waals surface area contributed by atoms with Crippen molar-refractivity contribution in [1.29, 1.82) is 0 Å². The zero-order chi connectivity index (χ0) is 21.3. The number of halogens is 2. The van der Waals surface area contributed by atoms with Crippen LogP contribution in [0.1, 0.15) is 26.7 Å². The molecule has 0 aliphatic carbocycles. The molecular formula is C21H24ClFN6O. The number of nitrogens with one attached hydrogen (secondary N) is 2. The zero-order valence-electron chi connectivity index (χ0n) is 17.0. The standard InChI is InChI=1S/C21H24ClFN6O/c1-12(2)21(30)29-5-3-4-13(11-29)7-24-20-17(23)10-27-19(28-20)16-9-26-18-15(16)6-14(22)8-25-18/h6,8-10,12-13H,3-5,7,11H2,1-2H3,(H,25,26)(H,24,27,28). The van der Waals surface area contributed by atoms with Crippen molar-refractivity contribution in [2.75, 3.05) is 25.0 Å². The quantitative estimate of drug-likeness (QED) is 0.635. The Morgan fingerprint density at radius 1 is 1.40 bits per heavy atom. The molecule has 30 heavy (non-hydrogen) atoms. The van der Waals surface area contributed by atoms with Gasteiger partial charge in [0.25, 0.3) is 0 Å². The number of piperidine rings is 1. The second kappa shape index (κ2) is 8.55. The van der Waals surface area contributed by atoms with E-state index in [1.807, 2.05) is 18.7 Å². The molecule has 7 nitrogen and oxygen atoms in total. The van der Waals surface area contributed by atoms with Gasteiger partial charge in [-0.25, -0.2) is 19.3 Å². The van der Waals surface area contributed by atoms with Crippen LogP contribution in [0.15, 0.2) is 24.7 Å². The predicted molar refractivity (Wildman–Crippen MR) is 115 cm³/mol. The number of likely N-dealkylation sites (tertiary alicyclic amines) is 1. The minimum Gasteiger partial charge on any atom is -0.367 e. The summed E-state index contributed by atoms with van der Waals surface area (Å²) in [6.45, 7) is 5.83. The smallest absolute Gasteiger partial charge is 0.225 e. The molecule has 0 radical (unpaired) electrons. The number of anilines is 1. The number of carbonyl (C=O) groups excluding carboxylic acids is 1. The maximum absolute atomic E-state index is 14.4. The maximum Gasteiger partial charge on any atom is 0.225 e. The number of hydrogen-bond donors (Lipinski definition) is 2. The van der Waals surface area contributed by atoms with Gasteiger partial charge in [0.1, 0.15) is 5.65 Å². The van der Waals surface area contributed by atoms with Gasteiger partial charge in [-0.2, -0.15) is 0 Å². The Kier molecular flexibility index (Phi) is 5.85. The lowest BCUT2D eigenvalue weighted by molar-refractivity contribution is -0.136. The zero-order valence-corrected chi connectivity index (χ0v) is 17.7. The summed E-state index contributed by atoms with van der Waals surface area (Å²) < 4.78 is 14.4. The summed E-state index contributed by atoms with van der Waals surface area (Å²) in [4.78, 5) is 30.0. The second-order valence-corrected chi connectivity index (χ2v) is 8.41. The van der Waals surface area contributed by atoms with Gasteiger partial charge in [-0.3, -0.25) is 4.79 Å². The number of rotatable bonds is 5. The second-order valence-electron chi connectivity index (χ2n) is 7.97. The highest BCUT2D eigenvalue weighted by molar-refractivity contribution is 6.31. The first-order valence-electron chi connectivity index (χ1n) is 10.1. The van der Waals surface area contributed by atoms with E-state index >= 15 is 0 Å². The summed E-state index contributed by atoms with van der Waals surface area (Å²) in [6.07, 6.45) is 6.39. The summed E-state index contributed by atoms with van der Waals surface area (Å²) >= 11 is 6.06. The molecule has 1 aliphatic rings. The van der Waals surface area contributed by atoms with Crippen molar-refractivity contribution in [2.45, 2.75) is 26.7 Å². The first-order valence-corrected chi connectivity index (χ1v) is 10.5. The molecule has 2 N–H and O–H groups in total. The predicted octanol–water partition coefficient (Wildman–Crippen LogP) is 4.12. The Bertz CT molecular complexity index is 1070. The van der Waals surface area contributed by atoms with E-state index in [0.717, 1.165) is 31.0 Å². The third kappa shape index (κ3) is 4.23. The molecule has 0 spiro atoms. The molecule has 1 unspecified atom stereocenters. The molecule has 0 aromatic carbocycles. The molecule has 4 heterocycles. The van der Waals surface area contributed by atoms with Crippen molar-refractivity contribution >= 4 is 34.4 Å². The van der Waals surface area contributed by atoms with Gasteiger partial charge >= 0.3 is 0 Å². The molecule has 3 aromatic heterocycles. The molecule has 0 bridgehead atoms. The fourth-order valence-electron chi connectivity index (χ4n) is 3.82. The monoisotopic (exact) mass is 430 g/mol. The fourth-order valence-corrected chi connectivity index (χ4v) is 3.98. The number of nitrogens with zero attached hydrogens (tertiary/aromatic N) is 4. The third-order valence-corrected chi connectivity index (χ3v) is 5.57. The van der Waals surface area contributed by atoms with E-state index in [-0.39, 0.29) is 23.6 Å². The Hall–Kier alpha value is -2.74. The van der Waals surface area contributed by atoms with Crippen LogP contribution in [0.25, 0.3) is 22.4 Å². The first kappa shape index (κ1) is 20.5. The highest BCUT2D eigenvalue weighted by Crippen LogP contribution is 2.28. The lowest BCUT2D eigenvalue weighted by Gasteiger charge is -2.34. The van der Waals surface area contributed by atoms with Gasteiger partial charge in [0, 0.05) is 48.9 Å². The van der Waals surface area contributed by atoms with E-state index in [9.17, 15) is 9.18 Å². The summed E-state index contributed by atoms with van der Waals surface area (Å²) in [5.41, 5.74) is 1.36. The van der Waals surface area contributed by atoms with Gasteiger partial charge in [-0.05, 0) is 24.8 Å². The van der Waals surface area contributed by atoms with Crippen molar-refractivity contribution in [2.24, 2.45) is 11.8 Å². The highest BCUT2D eigenvalue weighted by Gasteiger charge is 2.25. The van der Waals surface area contributed by atoms with Gasteiger partial charge in [0.2, 0.25) is 5.91 Å². The number of aromatic nitrogens is 4. The van der Waals surface area contributed by atoms with Crippen molar-refractivity contribution < 1.29 is 9.18 Å². The van der Waals surface area contributed by atoms with E-state index in [1.165, 1.54) is 0 Å². The summed E-state index contributed by atoms with van der Waals surface area (Å²) in [5.74, 6) is 0.418. The summed E-state index contributed by atoms with van der Waals surface area (Å²) in [7, 11) is 0. The van der Waals surface area contributed by atoms with Crippen LogP contribution in [0.4, 0.5) is 10.2 Å². The topological polar surface area (TPSA) is 86.8 Å². The number of amides is 1. The number of H-pyrrole nitrogens is 1. The average molecular weight is 431 g/mol. The van der Waals surface area contributed by atoms with E-state index in [1.54, 1.807) is 18.5 Å². The van der Waals surface area contributed by atoms with Gasteiger partial charge in [0.15, 0.2) is 17.5 Å². The largest absolute Gasteiger partial charge is 0.367 e. The van der Waals surface area contributed by atoms with E-state index in [2.05, 4.69) is 25.3 Å². The molecule has 1 amide bonds. The maximum atomic E-state index is 14.4. The molecule has 9 heteroatoms. The van der Waals surface area contributed by atoms with E-state index < -0.39 is 5.82 Å². The Morgan fingerprint density at radius 2 is 2.23 bits per heavy atom. The van der Waals surface area contributed by atoms with Crippen molar-refractivity contribution in [1.82, 2.24) is 24.8 Å². The highest BCUT2D eigenvalue weighted by atomic mass is 35.5. The molecule has 1 atom stereocenters. The number of fused-ring (bicyclic) bond motifs is 1. The fraction of sp³-hybridized carbons (Fsp3) is 0.429. The van der Waals surface area contributed by atoms with Crippen molar-refractivity contribution in [3.05, 3.63) is 35.5 Å². The number of pyridine rings is 1. The van der Waals surface area contributed by atoms with Crippen LogP contribution < -0.4 is 5.32 Å². The normalized spacial score (nSPS) is 17.0. The Balaban J connectivity index is 1.50. The van der Waals surface area contributed by atoms with E-state index in [0.29, 0.717) is 35.1 Å². The van der Waals surface area contributed by atoms with Crippen LogP contribution in [0.2, 0.25) is 5.02 Å². The molecule has 158 valence electrons. The Labute approximate surface area is 179 Å². The van der Waals surface area contributed by atoms with Crippen LogP contribution in [0, 0.1) is 17.7 Å². The van der Waals surface area contributed by atoms with Gasteiger partial charge < -0.3 is 15.2 Å².